The summed E-state index contributed by atoms with van der Waals surface area (Å²) in [6.07, 6.45) is 1.67. The van der Waals surface area contributed by atoms with Gasteiger partial charge >= 0.3 is 0 Å². The number of hydrogen-bond acceptors (Lipinski definition) is 2. The van der Waals surface area contributed by atoms with Gasteiger partial charge in [-0.2, -0.15) is 0 Å². The Morgan fingerprint density at radius 2 is 2.27 bits per heavy atom. The zero-order valence-electron chi connectivity index (χ0n) is 8.72. The molecule has 0 saturated heterocycles. The summed E-state index contributed by atoms with van der Waals surface area (Å²) in [5, 5.41) is 2.88. The van der Waals surface area contributed by atoms with Crippen LogP contribution in [0.3, 0.4) is 0 Å². The fourth-order valence-electron chi connectivity index (χ4n) is 1.29. The van der Waals surface area contributed by atoms with E-state index in [1.165, 1.54) is 12.1 Å². The highest BCUT2D eigenvalue weighted by Gasteiger charge is 2.06. The van der Waals surface area contributed by atoms with Crippen LogP contribution in [0.5, 0.6) is 0 Å². The second kappa shape index (κ2) is 5.41. The largest absolute Gasteiger partial charge is 0.306 e. The van der Waals surface area contributed by atoms with Gasteiger partial charge in [-0.25, -0.2) is 4.39 Å². The Labute approximate surface area is 88.8 Å². The molecule has 0 aliphatic heterocycles. The second-order valence-corrected chi connectivity index (χ2v) is 3.36. The molecule has 0 saturated carbocycles. The van der Waals surface area contributed by atoms with Gasteiger partial charge in [0.05, 0.1) is 6.54 Å². The summed E-state index contributed by atoms with van der Waals surface area (Å²) < 4.78 is 13.0. The monoisotopic (exact) mass is 207 g/mol. The van der Waals surface area contributed by atoms with Crippen molar-refractivity contribution in [1.29, 1.82) is 0 Å². The minimum Gasteiger partial charge on any atom is -0.306 e. The SMILES string of the molecule is C=CCNCC(=O)c1cc(C)cc(F)c1. The second-order valence-electron chi connectivity index (χ2n) is 3.36. The summed E-state index contributed by atoms with van der Waals surface area (Å²) in [7, 11) is 0. The summed E-state index contributed by atoms with van der Waals surface area (Å²) >= 11 is 0. The van der Waals surface area contributed by atoms with Gasteiger partial charge in [0.2, 0.25) is 0 Å². The van der Waals surface area contributed by atoms with Crippen LogP contribution >= 0.6 is 0 Å². The third-order valence-electron chi connectivity index (χ3n) is 1.94. The molecule has 0 heterocycles. The van der Waals surface area contributed by atoms with Gasteiger partial charge < -0.3 is 5.32 Å². The maximum Gasteiger partial charge on any atom is 0.176 e. The van der Waals surface area contributed by atoms with Crippen molar-refractivity contribution in [2.75, 3.05) is 13.1 Å². The van der Waals surface area contributed by atoms with Crippen molar-refractivity contribution in [2.45, 2.75) is 6.92 Å². The summed E-state index contributed by atoms with van der Waals surface area (Å²) in [5.41, 5.74) is 1.16. The number of carbonyl (C=O) groups is 1. The Kier molecular flexibility index (Phi) is 4.18. The summed E-state index contributed by atoms with van der Waals surface area (Å²) in [6.45, 7) is 6.06. The van der Waals surface area contributed by atoms with E-state index in [-0.39, 0.29) is 18.1 Å². The van der Waals surface area contributed by atoms with Crippen LogP contribution < -0.4 is 5.32 Å². The molecule has 0 aromatic heterocycles. The highest BCUT2D eigenvalue weighted by atomic mass is 19.1. The van der Waals surface area contributed by atoms with E-state index in [4.69, 9.17) is 0 Å². The zero-order valence-corrected chi connectivity index (χ0v) is 8.72. The van der Waals surface area contributed by atoms with Crippen molar-refractivity contribution in [1.82, 2.24) is 5.32 Å². The number of carbonyl (C=O) groups excluding carboxylic acids is 1. The molecule has 1 N–H and O–H groups in total. The van der Waals surface area contributed by atoms with Crippen molar-refractivity contribution in [3.63, 3.8) is 0 Å². The van der Waals surface area contributed by atoms with Crippen molar-refractivity contribution in [3.05, 3.63) is 47.8 Å². The third-order valence-corrected chi connectivity index (χ3v) is 1.94. The minimum absolute atomic E-state index is 0.112. The topological polar surface area (TPSA) is 29.1 Å². The lowest BCUT2D eigenvalue weighted by molar-refractivity contribution is 0.0992. The van der Waals surface area contributed by atoms with E-state index in [0.717, 1.165) is 5.56 Å². The Balaban J connectivity index is 2.69. The molecule has 3 heteroatoms. The van der Waals surface area contributed by atoms with E-state index in [1.807, 2.05) is 0 Å². The lowest BCUT2D eigenvalue weighted by Crippen LogP contribution is -2.23. The summed E-state index contributed by atoms with van der Waals surface area (Å²) in [5.74, 6) is -0.485. The number of rotatable bonds is 5. The van der Waals surface area contributed by atoms with Crippen LogP contribution in [0.2, 0.25) is 0 Å². The van der Waals surface area contributed by atoms with Crippen LogP contribution in [-0.2, 0) is 0 Å². The van der Waals surface area contributed by atoms with E-state index in [0.29, 0.717) is 12.1 Å². The van der Waals surface area contributed by atoms with E-state index >= 15 is 0 Å². The van der Waals surface area contributed by atoms with Crippen LogP contribution in [0, 0.1) is 12.7 Å². The van der Waals surface area contributed by atoms with Gasteiger partial charge in [0.15, 0.2) is 5.78 Å². The first-order chi connectivity index (χ1) is 7.13. The predicted molar refractivity (Wildman–Crippen MR) is 58.5 cm³/mol. The van der Waals surface area contributed by atoms with E-state index in [2.05, 4.69) is 11.9 Å². The van der Waals surface area contributed by atoms with Crippen LogP contribution in [-0.4, -0.2) is 18.9 Å². The van der Waals surface area contributed by atoms with Crippen LogP contribution in [0.1, 0.15) is 15.9 Å². The Hall–Kier alpha value is -1.48. The predicted octanol–water partition coefficient (Wildman–Crippen LogP) is 2.09. The molecule has 0 atom stereocenters. The van der Waals surface area contributed by atoms with E-state index in [9.17, 15) is 9.18 Å². The minimum atomic E-state index is -0.373. The molecule has 0 aliphatic carbocycles. The number of hydrogen-bond donors (Lipinski definition) is 1. The smallest absolute Gasteiger partial charge is 0.176 e. The molecule has 1 rings (SSSR count). The van der Waals surface area contributed by atoms with Gasteiger partial charge in [-0.3, -0.25) is 4.79 Å². The molecule has 0 fully saturated rings. The number of benzene rings is 1. The first-order valence-electron chi connectivity index (χ1n) is 4.75. The van der Waals surface area contributed by atoms with Crippen molar-refractivity contribution in [3.8, 4) is 0 Å². The lowest BCUT2D eigenvalue weighted by Gasteiger charge is -2.03. The van der Waals surface area contributed by atoms with E-state index in [1.54, 1.807) is 19.1 Å². The average Bonchev–Trinajstić information content (AvgIpc) is 2.16. The quantitative estimate of drug-likeness (QED) is 0.455. The molecule has 0 bridgehead atoms. The van der Waals surface area contributed by atoms with Crippen LogP contribution in [0.4, 0.5) is 4.39 Å². The zero-order chi connectivity index (χ0) is 11.3. The van der Waals surface area contributed by atoms with Gasteiger partial charge in [-0.05, 0) is 30.7 Å². The van der Waals surface area contributed by atoms with Gasteiger partial charge in [0.1, 0.15) is 5.82 Å². The number of halogens is 1. The average molecular weight is 207 g/mol. The van der Waals surface area contributed by atoms with Gasteiger partial charge in [0, 0.05) is 12.1 Å². The number of aryl methyl sites for hydroxylation is 1. The highest BCUT2D eigenvalue weighted by molar-refractivity contribution is 5.97. The Morgan fingerprint density at radius 3 is 2.87 bits per heavy atom. The molecule has 80 valence electrons. The molecule has 15 heavy (non-hydrogen) atoms. The number of nitrogens with one attached hydrogen (secondary N) is 1. The summed E-state index contributed by atoms with van der Waals surface area (Å²) in [4.78, 5) is 11.6. The Bertz CT molecular complexity index is 354. The fourth-order valence-corrected chi connectivity index (χ4v) is 1.29. The number of ketones is 1. The molecular formula is C12H14FNO. The molecule has 0 aliphatic rings. The molecule has 0 amide bonds. The molecule has 0 spiro atoms. The lowest BCUT2D eigenvalue weighted by atomic mass is 10.1. The molecule has 1 aromatic rings. The molecule has 2 nitrogen and oxygen atoms in total. The third kappa shape index (κ3) is 3.64. The van der Waals surface area contributed by atoms with Crippen LogP contribution in [0.25, 0.3) is 0 Å². The Morgan fingerprint density at radius 1 is 1.53 bits per heavy atom. The van der Waals surface area contributed by atoms with Gasteiger partial charge in [-0.15, -0.1) is 6.58 Å². The maximum absolute atomic E-state index is 13.0. The number of Topliss-reactive ketones (excluding diaryl/α,β-unsaturated/α-hetero) is 1. The molecular weight excluding hydrogens is 193 g/mol. The normalized spacial score (nSPS) is 10.0. The molecule has 0 radical (unpaired) electrons. The molecule has 0 unspecified atom stereocenters. The van der Waals surface area contributed by atoms with Gasteiger partial charge in [-0.1, -0.05) is 6.08 Å². The molecule has 1 aromatic carbocycles. The fraction of sp³-hybridized carbons (Fsp3) is 0.250. The van der Waals surface area contributed by atoms with Crippen LogP contribution in [0.15, 0.2) is 30.9 Å². The maximum atomic E-state index is 13.0. The van der Waals surface area contributed by atoms with Crippen molar-refractivity contribution >= 4 is 5.78 Å². The van der Waals surface area contributed by atoms with E-state index < -0.39 is 0 Å². The highest BCUT2D eigenvalue weighted by Crippen LogP contribution is 2.08. The standard InChI is InChI=1S/C12H14FNO/c1-3-4-14-8-12(15)10-5-9(2)6-11(13)7-10/h3,5-7,14H,1,4,8H2,2H3. The first-order valence-corrected chi connectivity index (χ1v) is 4.75. The summed E-state index contributed by atoms with van der Waals surface area (Å²) in [6, 6.07) is 4.33. The van der Waals surface area contributed by atoms with Gasteiger partial charge in [0.25, 0.3) is 0 Å². The van der Waals surface area contributed by atoms with Crippen molar-refractivity contribution < 1.29 is 9.18 Å². The first kappa shape index (κ1) is 11.6. The van der Waals surface area contributed by atoms with Crippen molar-refractivity contribution in [2.24, 2.45) is 0 Å².